The van der Waals surface area contributed by atoms with Crippen LogP contribution in [0.4, 0.5) is 4.39 Å². The highest BCUT2D eigenvalue weighted by atomic mass is 32.2. The number of ether oxygens (including phenoxy) is 2. The molecule has 0 radical (unpaired) electrons. The summed E-state index contributed by atoms with van der Waals surface area (Å²) in [7, 11) is -4.68. The first-order valence-corrected chi connectivity index (χ1v) is 14.6. The molecule has 13 heteroatoms. The summed E-state index contributed by atoms with van der Waals surface area (Å²) in [6.45, 7) is 0. The molecule has 2 aromatic heterocycles. The second-order valence-corrected chi connectivity index (χ2v) is 12.3. The highest BCUT2D eigenvalue weighted by Crippen LogP contribution is 2.36. The molecule has 0 spiro atoms. The van der Waals surface area contributed by atoms with Gasteiger partial charge in [-0.2, -0.15) is 0 Å². The topological polar surface area (TPSA) is 131 Å². The molecule has 0 aliphatic heterocycles. The monoisotopic (exact) mass is 549 g/mol. The summed E-state index contributed by atoms with van der Waals surface area (Å²) >= 11 is 0. The minimum absolute atomic E-state index is 0.0663. The molecular formula is C24H24FN3O7S2. The van der Waals surface area contributed by atoms with Gasteiger partial charge in [-0.15, -0.1) is 10.2 Å². The Hall–Kier alpha value is -3.71. The van der Waals surface area contributed by atoms with Crippen molar-refractivity contribution in [3.63, 3.8) is 0 Å². The van der Waals surface area contributed by atoms with Crippen LogP contribution in [0.1, 0.15) is 11.4 Å². The van der Waals surface area contributed by atoms with E-state index in [4.69, 9.17) is 13.9 Å². The van der Waals surface area contributed by atoms with Crippen LogP contribution in [0.2, 0.25) is 0 Å². The van der Waals surface area contributed by atoms with Gasteiger partial charge in [-0.05, 0) is 48.4 Å². The predicted molar refractivity (Wildman–Crippen MR) is 133 cm³/mol. The molecule has 0 saturated carbocycles. The molecule has 0 saturated heterocycles. The van der Waals surface area contributed by atoms with E-state index in [-0.39, 0.29) is 28.5 Å². The van der Waals surface area contributed by atoms with Gasteiger partial charge in [-0.25, -0.2) is 21.2 Å². The van der Waals surface area contributed by atoms with Gasteiger partial charge in [-0.3, -0.25) is 4.57 Å². The van der Waals surface area contributed by atoms with Crippen LogP contribution in [0.15, 0.2) is 64.1 Å². The number of hydrogen-bond acceptors (Lipinski definition) is 9. The zero-order valence-corrected chi connectivity index (χ0v) is 21.8. The fourth-order valence-electron chi connectivity index (χ4n) is 3.88. The number of furan rings is 1. The normalized spacial score (nSPS) is 12.0. The van der Waals surface area contributed by atoms with Crippen molar-refractivity contribution in [3.05, 3.63) is 72.0 Å². The maximum absolute atomic E-state index is 13.7. The largest absolute Gasteiger partial charge is 0.494 e. The summed E-state index contributed by atoms with van der Waals surface area (Å²) in [4.78, 5) is -0.246. The van der Waals surface area contributed by atoms with E-state index in [0.717, 1.165) is 18.4 Å². The third-order valence-corrected chi connectivity index (χ3v) is 8.26. The molecule has 196 valence electrons. The minimum atomic E-state index is -3.85. The van der Waals surface area contributed by atoms with E-state index < -0.39 is 37.0 Å². The molecule has 4 rings (SSSR count). The Morgan fingerprint density at radius 2 is 1.68 bits per heavy atom. The number of aryl methyl sites for hydroxylation is 1. The molecule has 2 heterocycles. The highest BCUT2D eigenvalue weighted by Gasteiger charge is 2.27. The minimum Gasteiger partial charge on any atom is -0.494 e. The predicted octanol–water partition coefficient (Wildman–Crippen LogP) is 3.24. The van der Waals surface area contributed by atoms with Crippen LogP contribution in [-0.2, 0) is 31.8 Å². The first kappa shape index (κ1) is 26.4. The first-order chi connectivity index (χ1) is 17.5. The molecule has 0 aliphatic rings. The van der Waals surface area contributed by atoms with Gasteiger partial charge >= 0.3 is 0 Å². The number of benzene rings is 2. The van der Waals surface area contributed by atoms with Crippen LogP contribution < -0.4 is 9.47 Å². The van der Waals surface area contributed by atoms with Gasteiger partial charge in [-0.1, -0.05) is 12.1 Å². The van der Waals surface area contributed by atoms with Gasteiger partial charge in [0.05, 0.1) is 31.1 Å². The Morgan fingerprint density at radius 3 is 2.27 bits per heavy atom. The number of halogens is 1. The molecule has 37 heavy (non-hydrogen) atoms. The molecule has 0 amide bonds. The van der Waals surface area contributed by atoms with Gasteiger partial charge in [0, 0.05) is 6.26 Å². The smallest absolute Gasteiger partial charge is 0.204 e. The summed E-state index contributed by atoms with van der Waals surface area (Å²) < 4.78 is 82.2. The van der Waals surface area contributed by atoms with Crippen molar-refractivity contribution in [1.29, 1.82) is 0 Å². The van der Waals surface area contributed by atoms with Crippen molar-refractivity contribution in [1.82, 2.24) is 14.8 Å². The second-order valence-electron chi connectivity index (χ2n) is 8.13. The fourth-order valence-corrected chi connectivity index (χ4v) is 6.11. The molecule has 4 aromatic rings. The Balaban J connectivity index is 1.74. The molecule has 0 atom stereocenters. The van der Waals surface area contributed by atoms with E-state index >= 15 is 0 Å². The Bertz CT molecular complexity index is 1610. The molecule has 0 bridgehead atoms. The van der Waals surface area contributed by atoms with E-state index in [1.54, 1.807) is 30.3 Å². The number of nitrogens with zero attached hydrogens (tertiary/aromatic N) is 3. The van der Waals surface area contributed by atoms with Gasteiger partial charge in [0.2, 0.25) is 5.82 Å². The van der Waals surface area contributed by atoms with Gasteiger partial charge in [0.25, 0.3) is 0 Å². The lowest BCUT2D eigenvalue weighted by molar-refractivity contribution is 0.390. The number of para-hydroxylation sites is 1. The fraction of sp³-hybridized carbons (Fsp3) is 0.250. The summed E-state index contributed by atoms with van der Waals surface area (Å²) in [6, 6.07) is 11.7. The Kier molecular flexibility index (Phi) is 7.37. The van der Waals surface area contributed by atoms with Crippen molar-refractivity contribution >= 4 is 19.7 Å². The Morgan fingerprint density at radius 1 is 0.973 bits per heavy atom. The van der Waals surface area contributed by atoms with E-state index in [1.165, 1.54) is 31.1 Å². The molecule has 0 N–H and O–H groups in total. The number of rotatable bonds is 10. The summed E-state index contributed by atoms with van der Waals surface area (Å²) in [6.07, 6.45) is 2.26. The van der Waals surface area contributed by atoms with E-state index in [0.29, 0.717) is 22.9 Å². The summed E-state index contributed by atoms with van der Waals surface area (Å²) in [5, 5.41) is 8.29. The van der Waals surface area contributed by atoms with Gasteiger partial charge < -0.3 is 13.9 Å². The van der Waals surface area contributed by atoms with Crippen LogP contribution in [0, 0.1) is 5.82 Å². The van der Waals surface area contributed by atoms with Crippen LogP contribution in [0.3, 0.4) is 0 Å². The van der Waals surface area contributed by atoms with Gasteiger partial charge in [0.15, 0.2) is 31.3 Å². The zero-order valence-electron chi connectivity index (χ0n) is 20.2. The molecule has 0 fully saturated rings. The van der Waals surface area contributed by atoms with Crippen molar-refractivity contribution in [3.8, 4) is 28.8 Å². The van der Waals surface area contributed by atoms with Gasteiger partial charge in [0.1, 0.15) is 28.8 Å². The lowest BCUT2D eigenvalue weighted by atomic mass is 10.2. The van der Waals surface area contributed by atoms with Crippen molar-refractivity contribution < 1.29 is 35.1 Å². The first-order valence-electron chi connectivity index (χ1n) is 10.9. The molecule has 0 aliphatic carbocycles. The highest BCUT2D eigenvalue weighted by molar-refractivity contribution is 7.91. The standard InChI is InChI=1S/C24H24FN3O7S2/c1-33-18-6-4-7-19(34-2)23(18)28-22(26-27-24(28)20-8-5-12-35-20)15-37(31,32)13-11-16-9-10-17(25)14-21(16)36(3,29)30/h4-10,12,14H,11,13,15H2,1-3H3. The average molecular weight is 550 g/mol. The van der Waals surface area contributed by atoms with E-state index in [2.05, 4.69) is 10.2 Å². The number of methoxy groups -OCH3 is 2. The number of aromatic nitrogens is 3. The Labute approximate surface area is 213 Å². The van der Waals surface area contributed by atoms with Crippen LogP contribution >= 0.6 is 0 Å². The lowest BCUT2D eigenvalue weighted by Gasteiger charge is -2.17. The van der Waals surface area contributed by atoms with Crippen LogP contribution in [-0.4, -0.2) is 57.8 Å². The lowest BCUT2D eigenvalue weighted by Crippen LogP contribution is -2.16. The quantitative estimate of drug-likeness (QED) is 0.293. The third kappa shape index (κ3) is 5.67. The van der Waals surface area contributed by atoms with E-state index in [9.17, 15) is 21.2 Å². The van der Waals surface area contributed by atoms with Crippen LogP contribution in [0.5, 0.6) is 11.5 Å². The SMILES string of the molecule is COc1cccc(OC)c1-n1c(CS(=O)(=O)CCc2ccc(F)cc2S(C)(=O)=O)nnc1-c1ccco1. The molecular weight excluding hydrogens is 525 g/mol. The van der Waals surface area contributed by atoms with Crippen molar-refractivity contribution in [2.45, 2.75) is 17.1 Å². The second kappa shape index (κ2) is 10.3. The molecule has 2 aromatic carbocycles. The third-order valence-electron chi connectivity index (χ3n) is 5.56. The number of hydrogen-bond donors (Lipinski definition) is 0. The van der Waals surface area contributed by atoms with Crippen LogP contribution in [0.25, 0.3) is 17.3 Å². The van der Waals surface area contributed by atoms with Crippen molar-refractivity contribution in [2.24, 2.45) is 0 Å². The molecule has 0 unspecified atom stereocenters. The zero-order chi connectivity index (χ0) is 26.8. The summed E-state index contributed by atoms with van der Waals surface area (Å²) in [5.74, 6) is -0.258. The molecule has 10 nitrogen and oxygen atoms in total. The maximum Gasteiger partial charge on any atom is 0.204 e. The summed E-state index contributed by atoms with van der Waals surface area (Å²) in [5.41, 5.74) is 0.587. The van der Waals surface area contributed by atoms with E-state index in [1.807, 2.05) is 0 Å². The number of sulfone groups is 2. The maximum atomic E-state index is 13.7. The average Bonchev–Trinajstić information content (AvgIpc) is 3.52. The van der Waals surface area contributed by atoms with Crippen molar-refractivity contribution in [2.75, 3.05) is 26.2 Å².